The van der Waals surface area contributed by atoms with E-state index in [-0.39, 0.29) is 0 Å². The monoisotopic (exact) mass is 214 g/mol. The smallest absolute Gasteiger partial charge is 0.0596 e. The van der Waals surface area contributed by atoms with E-state index < -0.39 is 0 Å². The van der Waals surface area contributed by atoms with Crippen molar-refractivity contribution in [3.63, 3.8) is 0 Å². The van der Waals surface area contributed by atoms with Crippen LogP contribution in [0.15, 0.2) is 0 Å². The van der Waals surface area contributed by atoms with Crippen LogP contribution in [0.25, 0.3) is 0 Å². The zero-order valence-electron chi connectivity index (χ0n) is 10.6. The minimum atomic E-state index is 0.349. The number of hydrogen-bond donors (Lipinski definition) is 1. The molecule has 1 heterocycles. The van der Waals surface area contributed by atoms with Gasteiger partial charge in [-0.05, 0) is 39.8 Å². The van der Waals surface area contributed by atoms with Gasteiger partial charge in [0.05, 0.1) is 12.7 Å². The fraction of sp³-hybridized carbons (Fsp3) is 1.00. The van der Waals surface area contributed by atoms with Gasteiger partial charge in [-0.1, -0.05) is 6.92 Å². The number of nitrogens with one attached hydrogen (secondary N) is 1. The van der Waals surface area contributed by atoms with Crippen LogP contribution >= 0.6 is 0 Å². The lowest BCUT2D eigenvalue weighted by molar-refractivity contribution is 0.0506. The first-order valence-corrected chi connectivity index (χ1v) is 6.12. The van der Waals surface area contributed by atoms with E-state index in [2.05, 4.69) is 38.0 Å². The van der Waals surface area contributed by atoms with Crippen LogP contribution in [0.1, 0.15) is 27.2 Å². The molecule has 1 fully saturated rings. The predicted molar refractivity (Wildman–Crippen MR) is 64.2 cm³/mol. The molecule has 15 heavy (non-hydrogen) atoms. The molecule has 1 aliphatic rings. The van der Waals surface area contributed by atoms with Crippen molar-refractivity contribution in [3.05, 3.63) is 0 Å². The molecule has 0 aromatic heterocycles. The van der Waals surface area contributed by atoms with Gasteiger partial charge in [0.2, 0.25) is 0 Å². The zero-order valence-corrected chi connectivity index (χ0v) is 10.6. The van der Waals surface area contributed by atoms with E-state index in [1.54, 1.807) is 0 Å². The van der Waals surface area contributed by atoms with E-state index in [9.17, 15) is 0 Å². The third-order valence-corrected chi connectivity index (χ3v) is 3.07. The fourth-order valence-corrected chi connectivity index (χ4v) is 2.08. The van der Waals surface area contributed by atoms with Gasteiger partial charge in [0.15, 0.2) is 0 Å². The Morgan fingerprint density at radius 1 is 1.40 bits per heavy atom. The van der Waals surface area contributed by atoms with Crippen LogP contribution in [0.5, 0.6) is 0 Å². The zero-order chi connectivity index (χ0) is 11.3. The first kappa shape index (κ1) is 12.9. The van der Waals surface area contributed by atoms with Crippen LogP contribution in [0.3, 0.4) is 0 Å². The van der Waals surface area contributed by atoms with Gasteiger partial charge in [-0.3, -0.25) is 4.90 Å². The second-order valence-electron chi connectivity index (χ2n) is 5.05. The lowest BCUT2D eigenvalue weighted by Gasteiger charge is -2.34. The van der Waals surface area contributed by atoms with Crippen LogP contribution in [0, 0.1) is 5.92 Å². The van der Waals surface area contributed by atoms with Crippen molar-refractivity contribution in [1.29, 1.82) is 0 Å². The Hall–Kier alpha value is -0.120. The van der Waals surface area contributed by atoms with Gasteiger partial charge in [0.25, 0.3) is 0 Å². The summed E-state index contributed by atoms with van der Waals surface area (Å²) >= 11 is 0. The quantitative estimate of drug-likeness (QED) is 0.747. The van der Waals surface area contributed by atoms with Crippen LogP contribution in [0.4, 0.5) is 0 Å². The van der Waals surface area contributed by atoms with Gasteiger partial charge in [-0.15, -0.1) is 0 Å². The normalized spacial score (nSPS) is 27.6. The molecule has 0 bridgehead atoms. The van der Waals surface area contributed by atoms with Crippen molar-refractivity contribution in [3.8, 4) is 0 Å². The number of hydrogen-bond acceptors (Lipinski definition) is 3. The number of likely N-dealkylation sites (N-methyl/N-ethyl adjacent to an activating group) is 1. The predicted octanol–water partition coefficient (Wildman–Crippen LogP) is 1.34. The maximum Gasteiger partial charge on any atom is 0.0596 e. The van der Waals surface area contributed by atoms with E-state index in [0.29, 0.717) is 12.1 Å². The van der Waals surface area contributed by atoms with Gasteiger partial charge in [0, 0.05) is 19.1 Å². The summed E-state index contributed by atoms with van der Waals surface area (Å²) in [6.45, 7) is 10.7. The molecule has 2 atom stereocenters. The molecule has 2 unspecified atom stereocenters. The summed E-state index contributed by atoms with van der Waals surface area (Å²) in [5, 5.41) is 3.48. The Morgan fingerprint density at radius 2 is 2.13 bits per heavy atom. The highest BCUT2D eigenvalue weighted by molar-refractivity contribution is 4.79. The van der Waals surface area contributed by atoms with Gasteiger partial charge >= 0.3 is 0 Å². The average molecular weight is 214 g/mol. The van der Waals surface area contributed by atoms with Crippen LogP contribution in [-0.4, -0.2) is 50.3 Å². The van der Waals surface area contributed by atoms with E-state index in [4.69, 9.17) is 4.74 Å². The summed E-state index contributed by atoms with van der Waals surface area (Å²) < 4.78 is 5.57. The van der Waals surface area contributed by atoms with E-state index in [1.807, 2.05) is 0 Å². The van der Waals surface area contributed by atoms with Crippen molar-refractivity contribution < 1.29 is 4.74 Å². The fourth-order valence-electron chi connectivity index (χ4n) is 2.08. The molecule has 3 heteroatoms. The Balaban J connectivity index is 2.17. The third-order valence-electron chi connectivity index (χ3n) is 3.07. The summed E-state index contributed by atoms with van der Waals surface area (Å²) in [5.74, 6) is 0.803. The summed E-state index contributed by atoms with van der Waals surface area (Å²) in [5.41, 5.74) is 0. The molecule has 1 aliphatic heterocycles. The molecule has 0 radical (unpaired) electrons. The first-order valence-electron chi connectivity index (χ1n) is 6.12. The van der Waals surface area contributed by atoms with Crippen molar-refractivity contribution in [2.75, 3.05) is 33.3 Å². The summed E-state index contributed by atoms with van der Waals surface area (Å²) in [6.07, 6.45) is 1.66. The second-order valence-corrected chi connectivity index (χ2v) is 5.05. The standard InChI is InChI=1S/C12H26N2O/c1-10(2)15-6-5-14(4)12-7-11(3)8-13-9-12/h10-13H,5-9H2,1-4H3. The SMILES string of the molecule is CC1CNCC(N(C)CCOC(C)C)C1. The van der Waals surface area contributed by atoms with E-state index in [1.165, 1.54) is 13.0 Å². The minimum absolute atomic E-state index is 0.349. The van der Waals surface area contributed by atoms with Crippen molar-refractivity contribution >= 4 is 0 Å². The van der Waals surface area contributed by atoms with Crippen LogP contribution in [-0.2, 0) is 4.74 Å². The molecule has 3 nitrogen and oxygen atoms in total. The molecule has 0 aliphatic carbocycles. The third kappa shape index (κ3) is 4.96. The molecule has 0 aromatic carbocycles. The number of nitrogens with zero attached hydrogens (tertiary/aromatic N) is 1. The molecule has 90 valence electrons. The van der Waals surface area contributed by atoms with Crippen molar-refractivity contribution in [2.24, 2.45) is 5.92 Å². The van der Waals surface area contributed by atoms with Crippen molar-refractivity contribution in [1.82, 2.24) is 10.2 Å². The first-order chi connectivity index (χ1) is 7.09. The molecule has 0 amide bonds. The number of rotatable bonds is 5. The van der Waals surface area contributed by atoms with Gasteiger partial charge in [0.1, 0.15) is 0 Å². The van der Waals surface area contributed by atoms with Gasteiger partial charge in [-0.2, -0.15) is 0 Å². The number of ether oxygens (including phenoxy) is 1. The van der Waals surface area contributed by atoms with Gasteiger partial charge in [-0.25, -0.2) is 0 Å². The molecule has 1 saturated heterocycles. The van der Waals surface area contributed by atoms with Crippen molar-refractivity contribution in [2.45, 2.75) is 39.3 Å². The highest BCUT2D eigenvalue weighted by Crippen LogP contribution is 2.13. The summed E-state index contributed by atoms with van der Waals surface area (Å²) in [4.78, 5) is 2.42. The second kappa shape index (κ2) is 6.46. The summed E-state index contributed by atoms with van der Waals surface area (Å²) in [7, 11) is 2.20. The lowest BCUT2D eigenvalue weighted by Crippen LogP contribution is -2.48. The Kier molecular flexibility index (Phi) is 5.58. The molecule has 0 aromatic rings. The highest BCUT2D eigenvalue weighted by atomic mass is 16.5. The molecule has 1 rings (SSSR count). The maximum absolute atomic E-state index is 5.57. The topological polar surface area (TPSA) is 24.5 Å². The molecule has 0 spiro atoms. The lowest BCUT2D eigenvalue weighted by atomic mass is 9.97. The Morgan fingerprint density at radius 3 is 2.73 bits per heavy atom. The van der Waals surface area contributed by atoms with Gasteiger partial charge < -0.3 is 10.1 Å². The molecular formula is C12H26N2O. The molecule has 1 N–H and O–H groups in total. The number of piperidine rings is 1. The molecular weight excluding hydrogens is 188 g/mol. The average Bonchev–Trinajstić information content (AvgIpc) is 2.17. The van der Waals surface area contributed by atoms with Crippen LogP contribution in [0.2, 0.25) is 0 Å². The highest BCUT2D eigenvalue weighted by Gasteiger charge is 2.21. The minimum Gasteiger partial charge on any atom is -0.377 e. The Labute approximate surface area is 94.2 Å². The maximum atomic E-state index is 5.57. The summed E-state index contributed by atoms with van der Waals surface area (Å²) in [6, 6.07) is 0.685. The van der Waals surface area contributed by atoms with Crippen LogP contribution < -0.4 is 5.32 Å². The van der Waals surface area contributed by atoms with E-state index >= 15 is 0 Å². The largest absolute Gasteiger partial charge is 0.377 e. The van der Waals surface area contributed by atoms with E-state index in [0.717, 1.165) is 25.6 Å². The molecule has 0 saturated carbocycles. The Bertz CT molecular complexity index is 173.